The third kappa shape index (κ3) is 4.04. The van der Waals surface area contributed by atoms with Gasteiger partial charge in [0.15, 0.2) is 0 Å². The van der Waals surface area contributed by atoms with Crippen LogP contribution >= 0.6 is 0 Å². The zero-order chi connectivity index (χ0) is 11.1. The van der Waals surface area contributed by atoms with Crippen LogP contribution in [0.25, 0.3) is 0 Å². The normalized spacial score (nSPS) is 25.4. The minimum atomic E-state index is -0.217. The summed E-state index contributed by atoms with van der Waals surface area (Å²) >= 11 is 0. The maximum Gasteiger partial charge on any atom is 0.218 e. The molecule has 0 heterocycles. The first kappa shape index (κ1) is 12.2. The molecule has 0 aromatic carbocycles. The molecule has 0 aromatic heterocycles. The molecule has 0 aromatic rings. The fraction of sp³-hybridized carbons (Fsp3) is 0.750. The van der Waals surface area contributed by atoms with E-state index in [1.807, 2.05) is 0 Å². The van der Waals surface area contributed by atoms with E-state index < -0.39 is 0 Å². The maximum absolute atomic E-state index is 11.0. The SMILES string of the molecule is NC(=O)C[C@]1(CCCCO)C=CCCC1. The fourth-order valence-electron chi connectivity index (χ4n) is 2.37. The molecular weight excluding hydrogens is 190 g/mol. The molecule has 15 heavy (non-hydrogen) atoms. The summed E-state index contributed by atoms with van der Waals surface area (Å²) in [6.45, 7) is 0.233. The highest BCUT2D eigenvalue weighted by Crippen LogP contribution is 2.39. The minimum Gasteiger partial charge on any atom is -0.396 e. The predicted molar refractivity (Wildman–Crippen MR) is 60.2 cm³/mol. The van der Waals surface area contributed by atoms with Crippen LogP contribution in [-0.2, 0) is 4.79 Å². The minimum absolute atomic E-state index is 0.0146. The van der Waals surface area contributed by atoms with Gasteiger partial charge in [-0.05, 0) is 37.5 Å². The van der Waals surface area contributed by atoms with Gasteiger partial charge in [0, 0.05) is 13.0 Å². The molecule has 0 radical (unpaired) electrons. The number of allylic oxidation sites excluding steroid dienone is 2. The van der Waals surface area contributed by atoms with Crippen LogP contribution in [0.15, 0.2) is 12.2 Å². The Morgan fingerprint density at radius 3 is 2.80 bits per heavy atom. The maximum atomic E-state index is 11.0. The fourth-order valence-corrected chi connectivity index (χ4v) is 2.37. The van der Waals surface area contributed by atoms with Gasteiger partial charge in [0.1, 0.15) is 0 Å². The van der Waals surface area contributed by atoms with Crippen molar-refractivity contribution in [1.29, 1.82) is 0 Å². The number of amides is 1. The van der Waals surface area contributed by atoms with E-state index in [1.54, 1.807) is 0 Å². The number of hydrogen-bond donors (Lipinski definition) is 2. The summed E-state index contributed by atoms with van der Waals surface area (Å²) in [4.78, 5) is 11.0. The first-order valence-electron chi connectivity index (χ1n) is 5.75. The number of nitrogens with two attached hydrogens (primary N) is 1. The summed E-state index contributed by atoms with van der Waals surface area (Å²) in [5, 5.41) is 8.75. The second kappa shape index (κ2) is 5.91. The highest BCUT2D eigenvalue weighted by atomic mass is 16.2. The van der Waals surface area contributed by atoms with Crippen LogP contribution in [0.1, 0.15) is 44.9 Å². The summed E-state index contributed by atoms with van der Waals surface area (Å²) < 4.78 is 0. The zero-order valence-electron chi connectivity index (χ0n) is 9.24. The number of carbonyl (C=O) groups is 1. The van der Waals surface area contributed by atoms with Crippen LogP contribution in [0.5, 0.6) is 0 Å². The standard InChI is InChI=1S/C12H21NO2/c13-11(15)10-12(8-4-5-9-14)6-2-1-3-7-12/h2,6,14H,1,3-5,7-10H2,(H2,13,15)/t12-/m1/s1. The smallest absolute Gasteiger partial charge is 0.218 e. The summed E-state index contributed by atoms with van der Waals surface area (Å²) in [5.41, 5.74) is 5.28. The van der Waals surface area contributed by atoms with E-state index in [9.17, 15) is 4.79 Å². The molecule has 86 valence electrons. The topological polar surface area (TPSA) is 63.3 Å². The van der Waals surface area contributed by atoms with Crippen LogP contribution in [0, 0.1) is 5.41 Å². The number of unbranched alkanes of at least 4 members (excludes halogenated alkanes) is 1. The third-order valence-electron chi connectivity index (χ3n) is 3.13. The van der Waals surface area contributed by atoms with Gasteiger partial charge in [-0.2, -0.15) is 0 Å². The summed E-state index contributed by atoms with van der Waals surface area (Å²) in [6.07, 6.45) is 10.8. The molecule has 0 saturated carbocycles. The van der Waals surface area contributed by atoms with Crippen LogP contribution in [0.3, 0.4) is 0 Å². The quantitative estimate of drug-likeness (QED) is 0.519. The van der Waals surface area contributed by atoms with Gasteiger partial charge >= 0.3 is 0 Å². The van der Waals surface area contributed by atoms with Gasteiger partial charge in [-0.1, -0.05) is 18.6 Å². The molecule has 1 amide bonds. The molecular formula is C12H21NO2. The van der Waals surface area contributed by atoms with Crippen molar-refractivity contribution in [3.63, 3.8) is 0 Å². The molecule has 1 atom stereocenters. The molecule has 1 rings (SSSR count). The lowest BCUT2D eigenvalue weighted by Crippen LogP contribution is -2.27. The highest BCUT2D eigenvalue weighted by Gasteiger charge is 2.29. The number of hydrogen-bond acceptors (Lipinski definition) is 2. The summed E-state index contributed by atoms with van der Waals surface area (Å²) in [7, 11) is 0. The van der Waals surface area contributed by atoms with Gasteiger partial charge in [-0.3, -0.25) is 4.79 Å². The average Bonchev–Trinajstić information content (AvgIpc) is 2.18. The van der Waals surface area contributed by atoms with E-state index in [4.69, 9.17) is 10.8 Å². The Balaban J connectivity index is 2.54. The van der Waals surface area contributed by atoms with E-state index in [0.717, 1.165) is 38.5 Å². The van der Waals surface area contributed by atoms with Crippen molar-refractivity contribution in [1.82, 2.24) is 0 Å². The second-order valence-electron chi connectivity index (χ2n) is 4.48. The van der Waals surface area contributed by atoms with E-state index in [1.165, 1.54) is 0 Å². The van der Waals surface area contributed by atoms with Crippen molar-refractivity contribution in [2.75, 3.05) is 6.61 Å². The molecule has 0 saturated heterocycles. The molecule has 3 heteroatoms. The zero-order valence-corrected chi connectivity index (χ0v) is 9.24. The Labute approximate surface area is 91.4 Å². The van der Waals surface area contributed by atoms with Gasteiger partial charge in [0.2, 0.25) is 5.91 Å². The van der Waals surface area contributed by atoms with Crippen molar-refractivity contribution in [3.8, 4) is 0 Å². The molecule has 1 aliphatic carbocycles. The van der Waals surface area contributed by atoms with Crippen LogP contribution < -0.4 is 5.73 Å². The van der Waals surface area contributed by atoms with E-state index in [2.05, 4.69) is 12.2 Å². The molecule has 0 aliphatic heterocycles. The molecule has 0 spiro atoms. The first-order chi connectivity index (χ1) is 7.18. The van der Waals surface area contributed by atoms with Crippen LogP contribution in [0.4, 0.5) is 0 Å². The number of aliphatic hydroxyl groups excluding tert-OH is 1. The van der Waals surface area contributed by atoms with Crippen LogP contribution in [-0.4, -0.2) is 17.6 Å². The van der Waals surface area contributed by atoms with Crippen LogP contribution in [0.2, 0.25) is 0 Å². The van der Waals surface area contributed by atoms with Gasteiger partial charge in [0.05, 0.1) is 0 Å². The monoisotopic (exact) mass is 211 g/mol. The van der Waals surface area contributed by atoms with E-state index in [-0.39, 0.29) is 17.9 Å². The highest BCUT2D eigenvalue weighted by molar-refractivity contribution is 5.74. The Hall–Kier alpha value is -0.830. The lowest BCUT2D eigenvalue weighted by molar-refractivity contribution is -0.120. The molecule has 0 bridgehead atoms. The molecule has 0 unspecified atom stereocenters. The van der Waals surface area contributed by atoms with E-state index in [0.29, 0.717) is 6.42 Å². The Morgan fingerprint density at radius 1 is 1.47 bits per heavy atom. The number of carbonyl (C=O) groups excluding carboxylic acids is 1. The predicted octanol–water partition coefficient (Wildman–Crippen LogP) is 1.75. The van der Waals surface area contributed by atoms with Gasteiger partial charge in [0.25, 0.3) is 0 Å². The molecule has 1 aliphatic rings. The van der Waals surface area contributed by atoms with E-state index >= 15 is 0 Å². The number of rotatable bonds is 6. The van der Waals surface area contributed by atoms with Crippen molar-refractivity contribution in [2.24, 2.45) is 11.1 Å². The lowest BCUT2D eigenvalue weighted by atomic mass is 9.73. The Kier molecular flexibility index (Phi) is 4.82. The lowest BCUT2D eigenvalue weighted by Gasteiger charge is -2.32. The summed E-state index contributed by atoms with van der Waals surface area (Å²) in [5.74, 6) is -0.217. The first-order valence-corrected chi connectivity index (χ1v) is 5.75. The van der Waals surface area contributed by atoms with Gasteiger partial charge < -0.3 is 10.8 Å². The molecule has 0 fully saturated rings. The number of primary amides is 1. The molecule has 3 N–H and O–H groups in total. The van der Waals surface area contributed by atoms with Gasteiger partial charge in [-0.15, -0.1) is 0 Å². The molecule has 3 nitrogen and oxygen atoms in total. The summed E-state index contributed by atoms with van der Waals surface area (Å²) in [6, 6.07) is 0. The van der Waals surface area contributed by atoms with Crippen molar-refractivity contribution in [2.45, 2.75) is 44.9 Å². The van der Waals surface area contributed by atoms with Crippen molar-refractivity contribution >= 4 is 5.91 Å². The average molecular weight is 211 g/mol. The third-order valence-corrected chi connectivity index (χ3v) is 3.13. The van der Waals surface area contributed by atoms with Gasteiger partial charge in [-0.25, -0.2) is 0 Å². The Bertz CT molecular complexity index is 238. The number of aliphatic hydroxyl groups is 1. The van der Waals surface area contributed by atoms with Crippen molar-refractivity contribution in [3.05, 3.63) is 12.2 Å². The van der Waals surface area contributed by atoms with Crippen molar-refractivity contribution < 1.29 is 9.90 Å². The Morgan fingerprint density at radius 2 is 2.27 bits per heavy atom. The largest absolute Gasteiger partial charge is 0.396 e. The second-order valence-corrected chi connectivity index (χ2v) is 4.48.